The lowest BCUT2D eigenvalue weighted by molar-refractivity contribution is -0.142. The van der Waals surface area contributed by atoms with Crippen LogP contribution >= 0.6 is 12.6 Å². The first kappa shape index (κ1) is 16.5. The summed E-state index contributed by atoms with van der Waals surface area (Å²) in [5.74, 6) is -1.58. The Bertz CT molecular complexity index is 319. The number of hydrogen-bond donors (Lipinski definition) is 6. The van der Waals surface area contributed by atoms with E-state index in [1.165, 1.54) is 0 Å². The van der Waals surface area contributed by atoms with Gasteiger partial charge in [-0.15, -0.1) is 0 Å². The van der Waals surface area contributed by atoms with E-state index >= 15 is 0 Å². The van der Waals surface area contributed by atoms with Crippen LogP contribution in [0.4, 0.5) is 0 Å². The van der Waals surface area contributed by atoms with Crippen LogP contribution in [0.1, 0.15) is 12.8 Å². The highest BCUT2D eigenvalue weighted by atomic mass is 32.1. The molecule has 1 amide bonds. The fraction of sp³-hybridized carbons (Fsp3) is 0.667. The van der Waals surface area contributed by atoms with E-state index in [0.29, 0.717) is 13.0 Å². The first-order chi connectivity index (χ1) is 8.38. The number of hydrogen-bond acceptors (Lipinski definition) is 5. The maximum Gasteiger partial charge on any atom is 0.326 e. The second-order valence-electron chi connectivity index (χ2n) is 3.64. The lowest BCUT2D eigenvalue weighted by Gasteiger charge is -2.16. The molecular weight excluding hydrogens is 258 g/mol. The van der Waals surface area contributed by atoms with Gasteiger partial charge in [-0.3, -0.25) is 9.79 Å². The van der Waals surface area contributed by atoms with E-state index in [0.717, 1.165) is 0 Å². The first-order valence-electron chi connectivity index (χ1n) is 5.33. The molecule has 0 saturated carbocycles. The number of aliphatic carboxylic acids is 1. The Morgan fingerprint density at radius 1 is 1.39 bits per heavy atom. The number of carbonyl (C=O) groups excluding carboxylic acids is 1. The van der Waals surface area contributed by atoms with E-state index in [2.05, 4.69) is 22.9 Å². The molecule has 0 heterocycles. The van der Waals surface area contributed by atoms with Crippen molar-refractivity contribution in [2.45, 2.75) is 24.9 Å². The van der Waals surface area contributed by atoms with Gasteiger partial charge in [0.25, 0.3) is 0 Å². The van der Waals surface area contributed by atoms with Crippen LogP contribution in [-0.2, 0) is 9.59 Å². The number of carboxylic acid groups (broad SMARTS) is 1. The van der Waals surface area contributed by atoms with E-state index in [-0.39, 0.29) is 18.1 Å². The van der Waals surface area contributed by atoms with Gasteiger partial charge in [0.05, 0.1) is 6.04 Å². The molecule has 2 atom stereocenters. The predicted octanol–water partition coefficient (Wildman–Crippen LogP) is -2.13. The van der Waals surface area contributed by atoms with Gasteiger partial charge >= 0.3 is 5.97 Å². The zero-order chi connectivity index (χ0) is 14.1. The van der Waals surface area contributed by atoms with Crippen molar-refractivity contribution in [2.24, 2.45) is 22.2 Å². The third kappa shape index (κ3) is 6.97. The van der Waals surface area contributed by atoms with Crippen molar-refractivity contribution in [1.29, 1.82) is 0 Å². The number of nitrogens with one attached hydrogen (secondary N) is 1. The Morgan fingerprint density at radius 3 is 2.44 bits per heavy atom. The molecule has 0 aromatic rings. The average Bonchev–Trinajstić information content (AvgIpc) is 2.30. The molecule has 8 nitrogen and oxygen atoms in total. The minimum atomic E-state index is -1.13. The zero-order valence-electron chi connectivity index (χ0n) is 9.87. The number of carboxylic acids is 1. The summed E-state index contributed by atoms with van der Waals surface area (Å²) in [6, 6.07) is -1.83. The fourth-order valence-electron chi connectivity index (χ4n) is 1.12. The van der Waals surface area contributed by atoms with E-state index in [9.17, 15) is 9.59 Å². The molecule has 0 aromatic heterocycles. The maximum absolute atomic E-state index is 11.4. The fourth-order valence-corrected chi connectivity index (χ4v) is 1.29. The number of carbonyl (C=O) groups is 2. The summed E-state index contributed by atoms with van der Waals surface area (Å²) in [4.78, 5) is 26.0. The van der Waals surface area contributed by atoms with Crippen LogP contribution in [0.5, 0.6) is 0 Å². The van der Waals surface area contributed by atoms with Crippen LogP contribution < -0.4 is 22.5 Å². The normalized spacial score (nSPS) is 13.4. The molecule has 18 heavy (non-hydrogen) atoms. The monoisotopic (exact) mass is 277 g/mol. The van der Waals surface area contributed by atoms with E-state index in [1.54, 1.807) is 0 Å². The van der Waals surface area contributed by atoms with Crippen LogP contribution in [0.3, 0.4) is 0 Å². The van der Waals surface area contributed by atoms with Crippen molar-refractivity contribution >= 4 is 30.5 Å². The molecule has 0 aliphatic heterocycles. The van der Waals surface area contributed by atoms with Crippen molar-refractivity contribution in [3.63, 3.8) is 0 Å². The molecule has 8 N–H and O–H groups in total. The van der Waals surface area contributed by atoms with Gasteiger partial charge < -0.3 is 27.6 Å². The SMILES string of the molecule is NC(N)=NCCCC(NC(=O)C(N)CS)C(=O)O. The second kappa shape index (κ2) is 8.59. The molecule has 0 radical (unpaired) electrons. The Hall–Kier alpha value is -1.48. The minimum Gasteiger partial charge on any atom is -0.480 e. The number of nitrogens with zero attached hydrogens (tertiary/aromatic N) is 1. The van der Waals surface area contributed by atoms with Crippen LogP contribution in [0.15, 0.2) is 4.99 Å². The second-order valence-corrected chi connectivity index (χ2v) is 4.00. The van der Waals surface area contributed by atoms with Crippen LogP contribution in [0.2, 0.25) is 0 Å². The molecule has 0 fully saturated rings. The topological polar surface area (TPSA) is 157 Å². The van der Waals surface area contributed by atoms with Gasteiger partial charge in [-0.2, -0.15) is 12.6 Å². The highest BCUT2D eigenvalue weighted by Crippen LogP contribution is 1.99. The molecule has 0 bridgehead atoms. The van der Waals surface area contributed by atoms with Crippen molar-refractivity contribution < 1.29 is 14.7 Å². The summed E-state index contributed by atoms with van der Waals surface area (Å²) < 4.78 is 0. The molecule has 0 saturated heterocycles. The maximum atomic E-state index is 11.4. The van der Waals surface area contributed by atoms with Gasteiger partial charge in [-0.25, -0.2) is 4.79 Å². The Balaban J connectivity index is 4.20. The number of rotatable bonds is 8. The molecule has 0 aliphatic rings. The lowest BCUT2D eigenvalue weighted by Crippen LogP contribution is -2.49. The minimum absolute atomic E-state index is 0.0528. The smallest absolute Gasteiger partial charge is 0.326 e. The summed E-state index contributed by atoms with van der Waals surface area (Å²) >= 11 is 3.86. The molecule has 0 aliphatic carbocycles. The molecule has 0 aromatic carbocycles. The highest BCUT2D eigenvalue weighted by molar-refractivity contribution is 7.80. The van der Waals surface area contributed by atoms with Gasteiger partial charge in [0, 0.05) is 12.3 Å². The summed E-state index contributed by atoms with van der Waals surface area (Å²) in [6.45, 7) is 0.306. The molecular formula is C9H19N5O3S. The number of guanidine groups is 1. The third-order valence-electron chi connectivity index (χ3n) is 2.09. The largest absolute Gasteiger partial charge is 0.480 e. The Kier molecular flexibility index (Phi) is 7.88. The zero-order valence-corrected chi connectivity index (χ0v) is 10.8. The Labute approximate surface area is 110 Å². The summed E-state index contributed by atoms with van der Waals surface area (Å²) in [5, 5.41) is 11.3. The van der Waals surface area contributed by atoms with Crippen LogP contribution in [0, 0.1) is 0 Å². The van der Waals surface area contributed by atoms with Crippen LogP contribution in [0.25, 0.3) is 0 Å². The first-order valence-corrected chi connectivity index (χ1v) is 5.96. The van der Waals surface area contributed by atoms with E-state index in [4.69, 9.17) is 22.3 Å². The molecule has 2 unspecified atom stereocenters. The van der Waals surface area contributed by atoms with Crippen molar-refractivity contribution in [2.75, 3.05) is 12.3 Å². The average molecular weight is 277 g/mol. The van der Waals surface area contributed by atoms with Gasteiger partial charge in [0.1, 0.15) is 6.04 Å². The predicted molar refractivity (Wildman–Crippen MR) is 71.3 cm³/mol. The number of nitrogens with two attached hydrogens (primary N) is 3. The molecule has 0 rings (SSSR count). The standard InChI is InChI=1S/C9H19N5O3S/c10-5(4-18)7(15)14-6(8(16)17)2-1-3-13-9(11)12/h5-6,18H,1-4,10H2,(H,14,15)(H,16,17)(H4,11,12,13). The van der Waals surface area contributed by atoms with Gasteiger partial charge in [-0.05, 0) is 12.8 Å². The summed E-state index contributed by atoms with van der Waals surface area (Å²) in [5.41, 5.74) is 15.7. The summed E-state index contributed by atoms with van der Waals surface area (Å²) in [6.07, 6.45) is 0.655. The van der Waals surface area contributed by atoms with E-state index in [1.807, 2.05) is 0 Å². The molecule has 9 heteroatoms. The van der Waals surface area contributed by atoms with Crippen LogP contribution in [-0.4, -0.2) is 47.3 Å². The Morgan fingerprint density at radius 2 is 2.00 bits per heavy atom. The van der Waals surface area contributed by atoms with Gasteiger partial charge in [0.15, 0.2) is 5.96 Å². The number of amides is 1. The molecule has 0 spiro atoms. The highest BCUT2D eigenvalue weighted by Gasteiger charge is 2.22. The van der Waals surface area contributed by atoms with Crippen molar-refractivity contribution in [3.05, 3.63) is 0 Å². The van der Waals surface area contributed by atoms with E-state index < -0.39 is 24.0 Å². The van der Waals surface area contributed by atoms with Crippen molar-refractivity contribution in [3.8, 4) is 0 Å². The quantitative estimate of drug-likeness (QED) is 0.129. The van der Waals surface area contributed by atoms with Gasteiger partial charge in [-0.1, -0.05) is 0 Å². The third-order valence-corrected chi connectivity index (χ3v) is 2.49. The van der Waals surface area contributed by atoms with Crippen molar-refractivity contribution in [1.82, 2.24) is 5.32 Å². The van der Waals surface area contributed by atoms with Gasteiger partial charge in [0.2, 0.25) is 5.91 Å². The number of aliphatic imine (C=N–C) groups is 1. The summed E-state index contributed by atoms with van der Waals surface area (Å²) in [7, 11) is 0. The molecule has 104 valence electrons. The lowest BCUT2D eigenvalue weighted by atomic mass is 10.1. The number of thiol groups is 1.